The van der Waals surface area contributed by atoms with E-state index in [1.165, 1.54) is 11.0 Å². The molecule has 106 valence electrons. The number of hydrogen-bond donors (Lipinski definition) is 0. The SMILES string of the molecule is C.CB(C)c1ccc(OCCCc2ccccc2)cc1. The van der Waals surface area contributed by atoms with Crippen LogP contribution in [-0.4, -0.2) is 13.3 Å². The van der Waals surface area contributed by atoms with Crippen LogP contribution in [0.5, 0.6) is 5.75 Å². The van der Waals surface area contributed by atoms with Crippen molar-refractivity contribution in [2.45, 2.75) is 33.9 Å². The van der Waals surface area contributed by atoms with Crippen molar-refractivity contribution < 1.29 is 4.74 Å². The van der Waals surface area contributed by atoms with E-state index < -0.39 is 0 Å². The minimum atomic E-state index is 0. The highest BCUT2D eigenvalue weighted by Crippen LogP contribution is 2.09. The van der Waals surface area contributed by atoms with Gasteiger partial charge in [0, 0.05) is 0 Å². The van der Waals surface area contributed by atoms with E-state index in [-0.39, 0.29) is 7.43 Å². The van der Waals surface area contributed by atoms with Crippen LogP contribution in [0.25, 0.3) is 0 Å². The fourth-order valence-corrected chi connectivity index (χ4v) is 2.06. The van der Waals surface area contributed by atoms with Crippen molar-refractivity contribution in [3.05, 3.63) is 60.2 Å². The molecule has 2 rings (SSSR count). The molecule has 0 radical (unpaired) electrons. The Morgan fingerprint density at radius 3 is 2.15 bits per heavy atom. The second-order valence-electron chi connectivity index (χ2n) is 5.16. The molecule has 0 aliphatic carbocycles. The van der Waals surface area contributed by atoms with Crippen LogP contribution in [0.4, 0.5) is 0 Å². The van der Waals surface area contributed by atoms with Crippen LogP contribution in [-0.2, 0) is 6.42 Å². The normalized spacial score (nSPS) is 9.70. The van der Waals surface area contributed by atoms with Gasteiger partial charge in [0.15, 0.2) is 6.71 Å². The molecule has 0 atom stereocenters. The first-order chi connectivity index (χ1) is 9.25. The molecule has 0 unspecified atom stereocenters. The predicted octanol–water partition coefficient (Wildman–Crippen LogP) is 4.30. The molecule has 0 heterocycles. The summed E-state index contributed by atoms with van der Waals surface area (Å²) in [6, 6.07) is 19.0. The summed E-state index contributed by atoms with van der Waals surface area (Å²) >= 11 is 0. The van der Waals surface area contributed by atoms with E-state index >= 15 is 0 Å². The molecule has 0 aliphatic rings. The van der Waals surface area contributed by atoms with E-state index in [0.29, 0.717) is 6.71 Å². The Hall–Kier alpha value is -1.70. The van der Waals surface area contributed by atoms with Crippen molar-refractivity contribution in [2.75, 3.05) is 6.61 Å². The van der Waals surface area contributed by atoms with Gasteiger partial charge in [0.2, 0.25) is 0 Å². The van der Waals surface area contributed by atoms with Gasteiger partial charge in [0.25, 0.3) is 0 Å². The first-order valence-electron chi connectivity index (χ1n) is 7.02. The second-order valence-corrected chi connectivity index (χ2v) is 5.16. The molecule has 0 amide bonds. The van der Waals surface area contributed by atoms with Crippen LogP contribution in [0.15, 0.2) is 54.6 Å². The molecule has 0 aliphatic heterocycles. The third kappa shape index (κ3) is 5.12. The van der Waals surface area contributed by atoms with Crippen LogP contribution in [0, 0.1) is 0 Å². The van der Waals surface area contributed by atoms with Crippen LogP contribution in [0.2, 0.25) is 13.6 Å². The van der Waals surface area contributed by atoms with Gasteiger partial charge in [-0.3, -0.25) is 0 Å². The minimum absolute atomic E-state index is 0. The highest BCUT2D eigenvalue weighted by Gasteiger charge is 2.02. The summed E-state index contributed by atoms with van der Waals surface area (Å²) in [6.45, 7) is 5.76. The van der Waals surface area contributed by atoms with Crippen LogP contribution in [0.3, 0.4) is 0 Å². The van der Waals surface area contributed by atoms with E-state index in [2.05, 4.69) is 68.2 Å². The highest BCUT2D eigenvalue weighted by molar-refractivity contribution is 6.70. The Morgan fingerprint density at radius 1 is 0.900 bits per heavy atom. The summed E-state index contributed by atoms with van der Waals surface area (Å²) in [5.74, 6) is 0.970. The van der Waals surface area contributed by atoms with Gasteiger partial charge in [-0.15, -0.1) is 0 Å². The third-order valence-electron chi connectivity index (χ3n) is 3.27. The summed E-state index contributed by atoms with van der Waals surface area (Å²) in [5.41, 5.74) is 2.73. The van der Waals surface area contributed by atoms with Crippen LogP contribution >= 0.6 is 0 Å². The maximum atomic E-state index is 5.76. The molecule has 2 heteroatoms. The number of hydrogen-bond acceptors (Lipinski definition) is 1. The molecule has 1 nitrogen and oxygen atoms in total. The maximum absolute atomic E-state index is 5.76. The summed E-state index contributed by atoms with van der Waals surface area (Å²) in [5, 5.41) is 0. The number of benzene rings is 2. The molecule has 0 N–H and O–H groups in total. The lowest BCUT2D eigenvalue weighted by atomic mass is 9.49. The zero-order valence-electron chi connectivity index (χ0n) is 11.8. The Morgan fingerprint density at radius 2 is 1.55 bits per heavy atom. The fraction of sp³-hybridized carbons (Fsp3) is 0.333. The molecule has 20 heavy (non-hydrogen) atoms. The summed E-state index contributed by atoms with van der Waals surface area (Å²) in [7, 11) is 0. The topological polar surface area (TPSA) is 9.23 Å². The van der Waals surface area contributed by atoms with E-state index in [9.17, 15) is 0 Å². The van der Waals surface area contributed by atoms with Crippen molar-refractivity contribution in [1.29, 1.82) is 0 Å². The molecular weight excluding hydrogens is 243 g/mol. The van der Waals surface area contributed by atoms with Gasteiger partial charge in [-0.05, 0) is 30.5 Å². The highest BCUT2D eigenvalue weighted by atomic mass is 16.5. The van der Waals surface area contributed by atoms with Gasteiger partial charge >= 0.3 is 0 Å². The van der Waals surface area contributed by atoms with E-state index in [1.807, 2.05) is 0 Å². The minimum Gasteiger partial charge on any atom is -0.494 e. The molecule has 0 aromatic heterocycles. The van der Waals surface area contributed by atoms with Gasteiger partial charge < -0.3 is 4.74 Å². The molecule has 0 spiro atoms. The maximum Gasteiger partial charge on any atom is 0.169 e. The van der Waals surface area contributed by atoms with Crippen molar-refractivity contribution in [3.63, 3.8) is 0 Å². The van der Waals surface area contributed by atoms with E-state index in [4.69, 9.17) is 4.74 Å². The zero-order chi connectivity index (χ0) is 13.5. The van der Waals surface area contributed by atoms with Gasteiger partial charge in [-0.25, -0.2) is 0 Å². The number of rotatable bonds is 6. The molecule has 2 aromatic rings. The van der Waals surface area contributed by atoms with Crippen molar-refractivity contribution in [2.24, 2.45) is 0 Å². The molecule has 0 bridgehead atoms. The third-order valence-corrected chi connectivity index (χ3v) is 3.27. The largest absolute Gasteiger partial charge is 0.494 e. The Bertz CT molecular complexity index is 477. The van der Waals surface area contributed by atoms with Gasteiger partial charge in [0.1, 0.15) is 5.75 Å². The molecule has 0 saturated heterocycles. The summed E-state index contributed by atoms with van der Waals surface area (Å²) in [4.78, 5) is 0. The van der Waals surface area contributed by atoms with E-state index in [0.717, 1.165) is 25.2 Å². The quantitative estimate of drug-likeness (QED) is 0.560. The molecule has 0 saturated carbocycles. The Kier molecular flexibility index (Phi) is 6.93. The Labute approximate surface area is 124 Å². The second kappa shape index (κ2) is 8.47. The molecular formula is C18H25BO. The average molecular weight is 268 g/mol. The number of aryl methyl sites for hydroxylation is 1. The van der Waals surface area contributed by atoms with Gasteiger partial charge in [-0.1, -0.05) is 69.0 Å². The van der Waals surface area contributed by atoms with Crippen molar-refractivity contribution in [3.8, 4) is 5.75 Å². The van der Waals surface area contributed by atoms with Gasteiger partial charge in [0.05, 0.1) is 6.61 Å². The molecule has 0 fully saturated rings. The summed E-state index contributed by atoms with van der Waals surface area (Å²) in [6.07, 6.45) is 2.13. The standard InChI is InChI=1S/C17H21BO.CH4/c1-18(2)16-10-12-17(13-11-16)19-14-6-9-15-7-4-3-5-8-15;/h3-5,7-8,10-13H,6,9,14H2,1-2H3;1H4. The molecule has 2 aromatic carbocycles. The zero-order valence-corrected chi connectivity index (χ0v) is 11.8. The lowest BCUT2D eigenvalue weighted by molar-refractivity contribution is 0.311. The first-order valence-corrected chi connectivity index (χ1v) is 7.02. The number of ether oxygens (including phenoxy) is 1. The van der Waals surface area contributed by atoms with Crippen LogP contribution in [0.1, 0.15) is 19.4 Å². The van der Waals surface area contributed by atoms with Crippen molar-refractivity contribution >= 4 is 12.2 Å². The monoisotopic (exact) mass is 268 g/mol. The average Bonchev–Trinajstić information content (AvgIpc) is 2.45. The Balaban J connectivity index is 0.00000200. The van der Waals surface area contributed by atoms with Crippen LogP contribution < -0.4 is 10.2 Å². The predicted molar refractivity (Wildman–Crippen MR) is 90.5 cm³/mol. The first kappa shape index (κ1) is 16.4. The van der Waals surface area contributed by atoms with E-state index in [1.54, 1.807) is 0 Å². The summed E-state index contributed by atoms with van der Waals surface area (Å²) < 4.78 is 5.76. The lowest BCUT2D eigenvalue weighted by Gasteiger charge is -2.08. The lowest BCUT2D eigenvalue weighted by Crippen LogP contribution is -2.21. The smallest absolute Gasteiger partial charge is 0.169 e. The van der Waals surface area contributed by atoms with Crippen molar-refractivity contribution in [1.82, 2.24) is 0 Å². The van der Waals surface area contributed by atoms with Gasteiger partial charge in [-0.2, -0.15) is 0 Å². The fourth-order valence-electron chi connectivity index (χ4n) is 2.06.